The molecule has 2 aromatic carbocycles. The summed E-state index contributed by atoms with van der Waals surface area (Å²) in [7, 11) is 0. The van der Waals surface area contributed by atoms with Crippen molar-refractivity contribution in [3.05, 3.63) is 64.7 Å². The lowest BCUT2D eigenvalue weighted by Crippen LogP contribution is -2.48. The first-order valence-electron chi connectivity index (χ1n) is 11.8. The number of ether oxygens (including phenoxy) is 2. The van der Waals surface area contributed by atoms with E-state index in [0.717, 1.165) is 52.4 Å². The highest BCUT2D eigenvalue weighted by molar-refractivity contribution is 8.01. The summed E-state index contributed by atoms with van der Waals surface area (Å²) in [5.74, 6) is 1.89. The fourth-order valence-electron chi connectivity index (χ4n) is 4.12. The maximum absolute atomic E-state index is 12.8. The van der Waals surface area contributed by atoms with Crippen molar-refractivity contribution >= 4 is 40.6 Å². The normalized spacial score (nSPS) is 15.2. The number of hydrogen-bond acceptors (Lipinski definition) is 8. The third kappa shape index (κ3) is 6.37. The van der Waals surface area contributed by atoms with Gasteiger partial charge >= 0.3 is 0 Å². The molecule has 1 N–H and O–H groups in total. The van der Waals surface area contributed by atoms with E-state index in [1.165, 1.54) is 28.7 Å². The molecule has 0 aliphatic carbocycles. The fourth-order valence-corrected chi connectivity index (χ4v) is 5.76. The van der Waals surface area contributed by atoms with Crippen LogP contribution in [0, 0.1) is 6.92 Å². The Balaban J connectivity index is 1.04. The SMILES string of the molecule is Cc1ccc(NC(=O)CSc2nc(CC(=O)N3CCN(Cc4ccc5c(c4)OCO5)CC3)cs2)cc1. The molecule has 188 valence electrons. The van der Waals surface area contributed by atoms with Crippen LogP contribution in [0.15, 0.2) is 52.2 Å². The van der Waals surface area contributed by atoms with Gasteiger partial charge in [-0.3, -0.25) is 14.5 Å². The molecular formula is C26H28N4O4S2. The molecule has 0 atom stereocenters. The smallest absolute Gasteiger partial charge is 0.234 e. The fraction of sp³-hybridized carbons (Fsp3) is 0.346. The van der Waals surface area contributed by atoms with Crippen LogP contribution in [0.4, 0.5) is 5.69 Å². The molecular weight excluding hydrogens is 496 g/mol. The molecule has 0 bridgehead atoms. The lowest BCUT2D eigenvalue weighted by Gasteiger charge is -2.34. The van der Waals surface area contributed by atoms with Gasteiger partial charge in [0, 0.05) is 43.8 Å². The molecule has 1 saturated heterocycles. The molecule has 10 heteroatoms. The van der Waals surface area contributed by atoms with Crippen LogP contribution < -0.4 is 14.8 Å². The minimum absolute atomic E-state index is 0.0738. The lowest BCUT2D eigenvalue weighted by molar-refractivity contribution is -0.132. The summed E-state index contributed by atoms with van der Waals surface area (Å²) in [5, 5.41) is 4.80. The Morgan fingerprint density at radius 3 is 2.64 bits per heavy atom. The summed E-state index contributed by atoms with van der Waals surface area (Å²) in [4.78, 5) is 33.9. The average molecular weight is 525 g/mol. The van der Waals surface area contributed by atoms with E-state index in [1.807, 2.05) is 53.6 Å². The number of piperazine rings is 1. The molecule has 2 aliphatic rings. The predicted molar refractivity (Wildman–Crippen MR) is 141 cm³/mol. The number of nitrogens with zero attached hydrogens (tertiary/aromatic N) is 3. The second-order valence-electron chi connectivity index (χ2n) is 8.83. The molecule has 0 unspecified atom stereocenters. The first-order chi connectivity index (χ1) is 17.5. The molecule has 5 rings (SSSR count). The van der Waals surface area contributed by atoms with Crippen LogP contribution >= 0.6 is 23.1 Å². The molecule has 2 aliphatic heterocycles. The number of carbonyl (C=O) groups excluding carboxylic acids is 2. The van der Waals surface area contributed by atoms with Crippen molar-refractivity contribution < 1.29 is 19.1 Å². The number of thiazole rings is 1. The highest BCUT2D eigenvalue weighted by Gasteiger charge is 2.23. The maximum Gasteiger partial charge on any atom is 0.234 e. The summed E-state index contributed by atoms with van der Waals surface area (Å²) in [6.45, 7) is 6.17. The zero-order valence-electron chi connectivity index (χ0n) is 20.1. The summed E-state index contributed by atoms with van der Waals surface area (Å²) < 4.78 is 11.6. The van der Waals surface area contributed by atoms with Gasteiger partial charge in [0.25, 0.3) is 0 Å². The largest absolute Gasteiger partial charge is 0.454 e. The first-order valence-corrected chi connectivity index (χ1v) is 13.7. The highest BCUT2D eigenvalue weighted by atomic mass is 32.2. The van der Waals surface area contributed by atoms with Gasteiger partial charge in [-0.2, -0.15) is 0 Å². The molecule has 1 aromatic heterocycles. The number of aryl methyl sites for hydroxylation is 1. The summed E-state index contributed by atoms with van der Waals surface area (Å²) in [6.07, 6.45) is 0.286. The van der Waals surface area contributed by atoms with Crippen LogP contribution in [-0.2, 0) is 22.6 Å². The number of carbonyl (C=O) groups is 2. The van der Waals surface area contributed by atoms with Gasteiger partial charge < -0.3 is 19.7 Å². The standard InChI is InChI=1S/C26H28N4O4S2/c1-18-2-5-20(6-3-18)27-24(31)16-36-26-28-21(15-35-26)13-25(32)30-10-8-29(9-11-30)14-19-4-7-22-23(12-19)34-17-33-22/h2-7,12,15H,8-11,13-14,16-17H2,1H3,(H,27,31). The number of anilines is 1. The van der Waals surface area contributed by atoms with Crippen LogP contribution in [0.3, 0.4) is 0 Å². The van der Waals surface area contributed by atoms with E-state index in [2.05, 4.69) is 21.3 Å². The van der Waals surface area contributed by atoms with Crippen molar-refractivity contribution in [1.82, 2.24) is 14.8 Å². The maximum atomic E-state index is 12.8. The number of amides is 2. The molecule has 0 saturated carbocycles. The van der Waals surface area contributed by atoms with E-state index in [9.17, 15) is 9.59 Å². The van der Waals surface area contributed by atoms with Crippen molar-refractivity contribution in [2.24, 2.45) is 0 Å². The predicted octanol–water partition coefficient (Wildman–Crippen LogP) is 3.80. The molecule has 1 fully saturated rings. The second kappa shape index (κ2) is 11.3. The number of rotatable bonds is 8. The number of thioether (sulfide) groups is 1. The van der Waals surface area contributed by atoms with Crippen LogP contribution in [0.25, 0.3) is 0 Å². The second-order valence-corrected chi connectivity index (χ2v) is 10.9. The van der Waals surface area contributed by atoms with Gasteiger partial charge in [0.2, 0.25) is 18.6 Å². The number of fused-ring (bicyclic) bond motifs is 1. The number of nitrogens with one attached hydrogen (secondary N) is 1. The lowest BCUT2D eigenvalue weighted by atomic mass is 10.1. The molecule has 0 spiro atoms. The van der Waals surface area contributed by atoms with Gasteiger partial charge in [-0.15, -0.1) is 11.3 Å². The quantitative estimate of drug-likeness (QED) is 0.449. The summed E-state index contributed by atoms with van der Waals surface area (Å²) in [6, 6.07) is 13.8. The van der Waals surface area contributed by atoms with E-state index in [0.29, 0.717) is 13.1 Å². The Labute approximate surface area is 218 Å². The Morgan fingerprint density at radius 1 is 1.06 bits per heavy atom. The Bertz CT molecular complexity index is 1220. The number of aromatic nitrogens is 1. The van der Waals surface area contributed by atoms with Crippen molar-refractivity contribution in [2.45, 2.75) is 24.2 Å². The minimum atomic E-state index is -0.0738. The third-order valence-corrected chi connectivity index (χ3v) is 8.16. The third-order valence-electron chi connectivity index (χ3n) is 6.09. The van der Waals surface area contributed by atoms with Crippen LogP contribution in [0.1, 0.15) is 16.8 Å². The van der Waals surface area contributed by atoms with Crippen molar-refractivity contribution in [2.75, 3.05) is 44.0 Å². The molecule has 3 aromatic rings. The molecule has 2 amide bonds. The van der Waals surface area contributed by atoms with E-state index in [4.69, 9.17) is 9.47 Å². The number of benzene rings is 2. The zero-order chi connectivity index (χ0) is 24.9. The van der Waals surface area contributed by atoms with E-state index in [-0.39, 0.29) is 30.8 Å². The molecule has 3 heterocycles. The average Bonchev–Trinajstić information content (AvgIpc) is 3.53. The van der Waals surface area contributed by atoms with Crippen LogP contribution in [0.2, 0.25) is 0 Å². The minimum Gasteiger partial charge on any atom is -0.454 e. The van der Waals surface area contributed by atoms with Crippen LogP contribution in [-0.4, -0.2) is 65.3 Å². The zero-order valence-corrected chi connectivity index (χ0v) is 21.7. The topological polar surface area (TPSA) is 84.0 Å². The van der Waals surface area contributed by atoms with Gasteiger partial charge in [-0.25, -0.2) is 4.98 Å². The summed E-state index contributed by atoms with van der Waals surface area (Å²) >= 11 is 2.86. The molecule has 36 heavy (non-hydrogen) atoms. The van der Waals surface area contributed by atoms with Gasteiger partial charge in [0.05, 0.1) is 17.9 Å². The Kier molecular flexibility index (Phi) is 7.74. The summed E-state index contributed by atoms with van der Waals surface area (Å²) in [5.41, 5.74) is 3.87. The monoisotopic (exact) mass is 524 g/mol. The molecule has 0 radical (unpaired) electrons. The van der Waals surface area contributed by atoms with Gasteiger partial charge in [-0.1, -0.05) is 35.5 Å². The molecule has 8 nitrogen and oxygen atoms in total. The first kappa shape index (κ1) is 24.6. The van der Waals surface area contributed by atoms with Gasteiger partial charge in [-0.05, 0) is 36.8 Å². The Morgan fingerprint density at radius 2 is 1.83 bits per heavy atom. The van der Waals surface area contributed by atoms with Crippen molar-refractivity contribution in [3.8, 4) is 11.5 Å². The van der Waals surface area contributed by atoms with Crippen molar-refractivity contribution in [1.29, 1.82) is 0 Å². The number of hydrogen-bond donors (Lipinski definition) is 1. The van der Waals surface area contributed by atoms with Gasteiger partial charge in [0.15, 0.2) is 15.8 Å². The van der Waals surface area contributed by atoms with E-state index < -0.39 is 0 Å². The highest BCUT2D eigenvalue weighted by Crippen LogP contribution is 2.33. The van der Waals surface area contributed by atoms with Crippen LogP contribution in [0.5, 0.6) is 11.5 Å². The van der Waals surface area contributed by atoms with Gasteiger partial charge in [0.1, 0.15) is 0 Å². The Hall–Kier alpha value is -3.08. The van der Waals surface area contributed by atoms with Crippen molar-refractivity contribution in [3.63, 3.8) is 0 Å². The van der Waals surface area contributed by atoms with E-state index in [1.54, 1.807) is 0 Å². The van der Waals surface area contributed by atoms with E-state index >= 15 is 0 Å².